The predicted octanol–water partition coefficient (Wildman–Crippen LogP) is 3.72. The largest absolute Gasteiger partial charge is 0.492 e. The maximum atomic E-state index is 12.0. The van der Waals surface area contributed by atoms with Crippen LogP contribution in [0.3, 0.4) is 0 Å². The molecule has 0 unspecified atom stereocenters. The van der Waals surface area contributed by atoms with Crippen molar-refractivity contribution in [3.05, 3.63) is 62.7 Å². The SMILES string of the molecule is Cc1ccc(OCCNC(=O)c2ccccc2I)cc1C. The molecule has 21 heavy (non-hydrogen) atoms. The Morgan fingerprint density at radius 1 is 1.14 bits per heavy atom. The topological polar surface area (TPSA) is 38.3 Å². The normalized spacial score (nSPS) is 10.2. The van der Waals surface area contributed by atoms with Gasteiger partial charge < -0.3 is 10.1 Å². The lowest BCUT2D eigenvalue weighted by atomic mass is 10.1. The van der Waals surface area contributed by atoms with Crippen LogP contribution < -0.4 is 10.1 Å². The summed E-state index contributed by atoms with van der Waals surface area (Å²) in [6.45, 7) is 5.07. The molecule has 0 saturated heterocycles. The number of hydrogen-bond acceptors (Lipinski definition) is 2. The molecule has 0 heterocycles. The molecule has 2 aromatic rings. The van der Waals surface area contributed by atoms with Gasteiger partial charge in [-0.3, -0.25) is 4.79 Å². The van der Waals surface area contributed by atoms with Crippen LogP contribution in [-0.4, -0.2) is 19.1 Å². The Morgan fingerprint density at radius 3 is 2.62 bits per heavy atom. The number of halogens is 1. The Morgan fingerprint density at radius 2 is 1.90 bits per heavy atom. The Bertz CT molecular complexity index is 640. The van der Waals surface area contributed by atoms with E-state index >= 15 is 0 Å². The Balaban J connectivity index is 1.81. The molecular formula is C17H18INO2. The molecule has 1 amide bonds. The van der Waals surface area contributed by atoms with Crippen LogP contribution in [0.1, 0.15) is 21.5 Å². The third kappa shape index (κ3) is 4.46. The van der Waals surface area contributed by atoms with Crippen molar-refractivity contribution < 1.29 is 9.53 Å². The van der Waals surface area contributed by atoms with Gasteiger partial charge in [0.15, 0.2) is 0 Å². The van der Waals surface area contributed by atoms with E-state index in [9.17, 15) is 4.79 Å². The van der Waals surface area contributed by atoms with E-state index in [1.54, 1.807) is 0 Å². The van der Waals surface area contributed by atoms with Gasteiger partial charge >= 0.3 is 0 Å². The second-order valence-electron chi connectivity index (χ2n) is 4.83. The van der Waals surface area contributed by atoms with Gasteiger partial charge in [0, 0.05) is 3.57 Å². The molecule has 0 radical (unpaired) electrons. The second-order valence-corrected chi connectivity index (χ2v) is 5.99. The summed E-state index contributed by atoms with van der Waals surface area (Å²) in [6.07, 6.45) is 0. The van der Waals surface area contributed by atoms with Crippen molar-refractivity contribution >= 4 is 28.5 Å². The first-order chi connectivity index (χ1) is 10.1. The monoisotopic (exact) mass is 395 g/mol. The van der Waals surface area contributed by atoms with Crippen LogP contribution in [0.2, 0.25) is 0 Å². The fourth-order valence-electron chi connectivity index (χ4n) is 1.88. The lowest BCUT2D eigenvalue weighted by molar-refractivity contribution is 0.0946. The van der Waals surface area contributed by atoms with Crippen LogP contribution in [0.25, 0.3) is 0 Å². The molecule has 0 atom stereocenters. The first-order valence-electron chi connectivity index (χ1n) is 6.80. The molecule has 1 N–H and O–H groups in total. The third-order valence-electron chi connectivity index (χ3n) is 3.25. The molecule has 0 bridgehead atoms. The number of carbonyl (C=O) groups excluding carboxylic acids is 1. The fraction of sp³-hybridized carbons (Fsp3) is 0.235. The van der Waals surface area contributed by atoms with Crippen LogP contribution >= 0.6 is 22.6 Å². The summed E-state index contributed by atoms with van der Waals surface area (Å²) in [5.74, 6) is 0.769. The second kappa shape index (κ2) is 7.45. The number of carbonyl (C=O) groups is 1. The third-order valence-corrected chi connectivity index (χ3v) is 4.19. The van der Waals surface area contributed by atoms with E-state index in [0.29, 0.717) is 18.7 Å². The molecule has 110 valence electrons. The Hall–Kier alpha value is -1.56. The summed E-state index contributed by atoms with van der Waals surface area (Å²) in [5, 5.41) is 2.87. The number of aryl methyl sites for hydroxylation is 2. The molecule has 0 saturated carbocycles. The molecule has 0 spiro atoms. The van der Waals surface area contributed by atoms with Crippen LogP contribution in [0.5, 0.6) is 5.75 Å². The summed E-state index contributed by atoms with van der Waals surface area (Å²) < 4.78 is 6.59. The van der Waals surface area contributed by atoms with Crippen molar-refractivity contribution in [1.29, 1.82) is 0 Å². The van der Waals surface area contributed by atoms with Gasteiger partial charge in [0.2, 0.25) is 0 Å². The van der Waals surface area contributed by atoms with Gasteiger partial charge in [0.05, 0.1) is 12.1 Å². The average Bonchev–Trinajstić information content (AvgIpc) is 2.47. The van der Waals surface area contributed by atoms with E-state index in [-0.39, 0.29) is 5.91 Å². The van der Waals surface area contributed by atoms with E-state index in [1.165, 1.54) is 11.1 Å². The number of nitrogens with one attached hydrogen (secondary N) is 1. The van der Waals surface area contributed by atoms with E-state index in [4.69, 9.17) is 4.74 Å². The van der Waals surface area contributed by atoms with Crippen molar-refractivity contribution in [2.75, 3.05) is 13.2 Å². The highest BCUT2D eigenvalue weighted by atomic mass is 127. The predicted molar refractivity (Wildman–Crippen MR) is 92.9 cm³/mol. The van der Waals surface area contributed by atoms with Gasteiger partial charge in [0.1, 0.15) is 12.4 Å². The van der Waals surface area contributed by atoms with Crippen molar-refractivity contribution in [1.82, 2.24) is 5.32 Å². The van der Waals surface area contributed by atoms with Gasteiger partial charge in [0.25, 0.3) is 5.91 Å². The van der Waals surface area contributed by atoms with Gasteiger partial charge in [-0.2, -0.15) is 0 Å². The fourth-order valence-corrected chi connectivity index (χ4v) is 2.51. The zero-order valence-corrected chi connectivity index (χ0v) is 14.3. The smallest absolute Gasteiger partial charge is 0.252 e. The lowest BCUT2D eigenvalue weighted by Crippen LogP contribution is -2.28. The molecule has 2 rings (SSSR count). The number of ether oxygens (including phenoxy) is 1. The van der Waals surface area contributed by atoms with Gasteiger partial charge in [-0.25, -0.2) is 0 Å². The molecule has 0 aliphatic carbocycles. The summed E-state index contributed by atoms with van der Waals surface area (Å²) in [6, 6.07) is 13.5. The summed E-state index contributed by atoms with van der Waals surface area (Å²) in [7, 11) is 0. The first kappa shape index (κ1) is 15.8. The molecular weight excluding hydrogens is 377 g/mol. The van der Waals surface area contributed by atoms with Crippen LogP contribution in [0.15, 0.2) is 42.5 Å². The molecule has 0 aromatic heterocycles. The zero-order chi connectivity index (χ0) is 15.2. The first-order valence-corrected chi connectivity index (χ1v) is 7.88. The molecule has 3 nitrogen and oxygen atoms in total. The van der Waals surface area contributed by atoms with Crippen molar-refractivity contribution in [3.8, 4) is 5.75 Å². The van der Waals surface area contributed by atoms with Gasteiger partial charge in [-0.15, -0.1) is 0 Å². The quantitative estimate of drug-likeness (QED) is 0.619. The highest BCUT2D eigenvalue weighted by Crippen LogP contribution is 2.16. The van der Waals surface area contributed by atoms with E-state index < -0.39 is 0 Å². The summed E-state index contributed by atoms with van der Waals surface area (Å²) in [4.78, 5) is 12.0. The molecule has 2 aromatic carbocycles. The molecule has 0 aliphatic rings. The Kier molecular flexibility index (Phi) is 5.61. The maximum absolute atomic E-state index is 12.0. The van der Waals surface area contributed by atoms with E-state index in [0.717, 1.165) is 9.32 Å². The molecule has 0 fully saturated rings. The minimum absolute atomic E-state index is 0.0660. The Labute approximate surface area is 138 Å². The molecule has 4 heteroatoms. The van der Waals surface area contributed by atoms with Crippen molar-refractivity contribution in [2.24, 2.45) is 0 Å². The lowest BCUT2D eigenvalue weighted by Gasteiger charge is -2.10. The standard InChI is InChI=1S/C17H18INO2/c1-12-7-8-14(11-13(12)2)21-10-9-19-17(20)15-5-3-4-6-16(15)18/h3-8,11H,9-10H2,1-2H3,(H,19,20). The van der Waals surface area contributed by atoms with Gasteiger partial charge in [-0.1, -0.05) is 18.2 Å². The minimum atomic E-state index is -0.0660. The summed E-state index contributed by atoms with van der Waals surface area (Å²) >= 11 is 2.16. The highest BCUT2D eigenvalue weighted by molar-refractivity contribution is 14.1. The minimum Gasteiger partial charge on any atom is -0.492 e. The number of benzene rings is 2. The maximum Gasteiger partial charge on any atom is 0.252 e. The van der Waals surface area contributed by atoms with Crippen LogP contribution in [0.4, 0.5) is 0 Å². The summed E-state index contributed by atoms with van der Waals surface area (Å²) in [5.41, 5.74) is 3.15. The van der Waals surface area contributed by atoms with Crippen molar-refractivity contribution in [3.63, 3.8) is 0 Å². The van der Waals surface area contributed by atoms with Crippen molar-refractivity contribution in [2.45, 2.75) is 13.8 Å². The van der Waals surface area contributed by atoms with Gasteiger partial charge in [-0.05, 0) is 71.8 Å². The van der Waals surface area contributed by atoms with Crippen LogP contribution in [-0.2, 0) is 0 Å². The number of amides is 1. The number of hydrogen-bond donors (Lipinski definition) is 1. The number of rotatable bonds is 5. The average molecular weight is 395 g/mol. The highest BCUT2D eigenvalue weighted by Gasteiger charge is 2.08. The molecule has 0 aliphatic heterocycles. The van der Waals surface area contributed by atoms with Crippen LogP contribution in [0, 0.1) is 17.4 Å². The van der Waals surface area contributed by atoms with E-state index in [1.807, 2.05) is 42.5 Å². The van der Waals surface area contributed by atoms with E-state index in [2.05, 4.69) is 41.8 Å². The zero-order valence-electron chi connectivity index (χ0n) is 12.2.